The van der Waals surface area contributed by atoms with Crippen LogP contribution in [-0.4, -0.2) is 32.8 Å². The molecule has 17 heavy (non-hydrogen) atoms. The van der Waals surface area contributed by atoms with Crippen LogP contribution in [0.2, 0.25) is 0 Å². The zero-order valence-corrected chi connectivity index (χ0v) is 9.30. The number of aryl methyl sites for hydroxylation is 1. The van der Waals surface area contributed by atoms with E-state index in [4.69, 9.17) is 10.8 Å². The number of hydrogen-bond donors (Lipinski definition) is 3. The fraction of sp³-hybridized carbons (Fsp3) is 0.333. The maximum atomic E-state index is 11.4. The number of rotatable bonds is 3. The summed E-state index contributed by atoms with van der Waals surface area (Å²) < 4.78 is 1.16. The molecular weight excluding hydrogens is 228 g/mol. The van der Waals surface area contributed by atoms with Gasteiger partial charge in [0, 0.05) is 6.20 Å². The van der Waals surface area contributed by atoms with Gasteiger partial charge in [-0.25, -0.2) is 9.59 Å². The molecule has 0 aliphatic carbocycles. The van der Waals surface area contributed by atoms with Gasteiger partial charge < -0.3 is 10.8 Å². The normalized spacial score (nSPS) is 11.9. The molecule has 0 aromatic carbocycles. The molecule has 0 radical (unpaired) electrons. The maximum absolute atomic E-state index is 11.4. The lowest BCUT2D eigenvalue weighted by molar-refractivity contribution is -0.122. The second-order valence-electron chi connectivity index (χ2n) is 3.44. The third kappa shape index (κ3) is 2.80. The summed E-state index contributed by atoms with van der Waals surface area (Å²) in [4.78, 5) is 32.7. The minimum atomic E-state index is -1.13. The number of nitrogens with zero attached hydrogens (tertiary/aromatic N) is 2. The van der Waals surface area contributed by atoms with E-state index < -0.39 is 23.9 Å². The molecule has 1 aromatic heterocycles. The van der Waals surface area contributed by atoms with E-state index >= 15 is 0 Å². The Morgan fingerprint density at radius 1 is 1.53 bits per heavy atom. The van der Waals surface area contributed by atoms with E-state index in [2.05, 4.69) is 5.10 Å². The van der Waals surface area contributed by atoms with Crippen molar-refractivity contribution in [3.8, 4) is 0 Å². The third-order valence-electron chi connectivity index (χ3n) is 2.17. The highest BCUT2D eigenvalue weighted by atomic mass is 16.4. The standard InChI is InChI=1S/C9H12N4O4/c1-4-6(8(15)16)3-13(12-4)5(2)7(14)11-9(10)17/h3,5H,1-2H3,(H,15,16)(H3,10,11,14,17). The number of urea groups is 1. The van der Waals surface area contributed by atoms with Crippen molar-refractivity contribution in [3.05, 3.63) is 17.5 Å². The van der Waals surface area contributed by atoms with Gasteiger partial charge in [-0.05, 0) is 13.8 Å². The number of aromatic carboxylic acids is 1. The van der Waals surface area contributed by atoms with Gasteiger partial charge in [0.15, 0.2) is 0 Å². The van der Waals surface area contributed by atoms with Gasteiger partial charge in [0.1, 0.15) is 11.6 Å². The largest absolute Gasteiger partial charge is 0.478 e. The first-order valence-corrected chi connectivity index (χ1v) is 4.72. The van der Waals surface area contributed by atoms with Crippen molar-refractivity contribution in [1.29, 1.82) is 0 Å². The second-order valence-corrected chi connectivity index (χ2v) is 3.44. The summed E-state index contributed by atoms with van der Waals surface area (Å²) in [6, 6.07) is -1.79. The monoisotopic (exact) mass is 240 g/mol. The van der Waals surface area contributed by atoms with Crippen molar-refractivity contribution < 1.29 is 19.5 Å². The molecule has 8 nitrogen and oxygen atoms in total. The molecule has 1 aromatic rings. The van der Waals surface area contributed by atoms with Crippen molar-refractivity contribution in [2.75, 3.05) is 0 Å². The lowest BCUT2D eigenvalue weighted by Gasteiger charge is -2.10. The average Bonchev–Trinajstić information content (AvgIpc) is 2.58. The first-order valence-electron chi connectivity index (χ1n) is 4.72. The maximum Gasteiger partial charge on any atom is 0.339 e. The molecular formula is C9H12N4O4. The number of aromatic nitrogens is 2. The van der Waals surface area contributed by atoms with Crippen LogP contribution in [0.15, 0.2) is 6.20 Å². The first-order chi connectivity index (χ1) is 7.82. The topological polar surface area (TPSA) is 127 Å². The van der Waals surface area contributed by atoms with Gasteiger partial charge in [-0.3, -0.25) is 14.8 Å². The van der Waals surface area contributed by atoms with Crippen LogP contribution in [0.1, 0.15) is 29.0 Å². The van der Waals surface area contributed by atoms with Crippen LogP contribution in [0.3, 0.4) is 0 Å². The fourth-order valence-corrected chi connectivity index (χ4v) is 1.24. The SMILES string of the molecule is Cc1nn(C(C)C(=O)NC(N)=O)cc1C(=O)O. The first kappa shape index (κ1) is 12.7. The number of imide groups is 1. The van der Waals surface area contributed by atoms with Crippen molar-refractivity contribution >= 4 is 17.9 Å². The predicted molar refractivity (Wildman–Crippen MR) is 56.4 cm³/mol. The number of hydrogen-bond acceptors (Lipinski definition) is 4. The second kappa shape index (κ2) is 4.64. The van der Waals surface area contributed by atoms with Gasteiger partial charge >= 0.3 is 12.0 Å². The van der Waals surface area contributed by atoms with Gasteiger partial charge in [0.05, 0.1) is 5.69 Å². The Bertz CT molecular complexity index is 479. The lowest BCUT2D eigenvalue weighted by Crippen LogP contribution is -2.39. The van der Waals surface area contributed by atoms with Crippen molar-refractivity contribution in [2.45, 2.75) is 19.9 Å². The molecule has 0 saturated carbocycles. The van der Waals surface area contributed by atoms with Gasteiger partial charge in [-0.1, -0.05) is 0 Å². The molecule has 1 rings (SSSR count). The van der Waals surface area contributed by atoms with E-state index in [0.29, 0.717) is 0 Å². The van der Waals surface area contributed by atoms with Gasteiger partial charge in [-0.15, -0.1) is 0 Å². The van der Waals surface area contributed by atoms with E-state index in [0.717, 1.165) is 4.68 Å². The molecule has 0 bridgehead atoms. The third-order valence-corrected chi connectivity index (χ3v) is 2.17. The van der Waals surface area contributed by atoms with E-state index in [1.165, 1.54) is 20.0 Å². The number of amides is 3. The molecule has 92 valence electrons. The highest BCUT2D eigenvalue weighted by molar-refractivity contribution is 5.95. The number of carboxylic acid groups (broad SMARTS) is 1. The molecule has 1 heterocycles. The Balaban J connectivity index is 2.93. The molecule has 0 aliphatic heterocycles. The van der Waals surface area contributed by atoms with Crippen molar-refractivity contribution in [1.82, 2.24) is 15.1 Å². The average molecular weight is 240 g/mol. The van der Waals surface area contributed by atoms with Crippen LogP contribution >= 0.6 is 0 Å². The van der Waals surface area contributed by atoms with Gasteiger partial charge in [-0.2, -0.15) is 5.10 Å². The zero-order valence-electron chi connectivity index (χ0n) is 9.30. The summed E-state index contributed by atoms with van der Waals surface area (Å²) in [5.41, 5.74) is 5.09. The Morgan fingerprint density at radius 2 is 2.12 bits per heavy atom. The Morgan fingerprint density at radius 3 is 2.53 bits per heavy atom. The minimum absolute atomic E-state index is 0.00345. The van der Waals surface area contributed by atoms with E-state index in [1.54, 1.807) is 0 Å². The molecule has 3 amide bonds. The molecule has 8 heteroatoms. The fourth-order valence-electron chi connectivity index (χ4n) is 1.24. The van der Waals surface area contributed by atoms with Crippen molar-refractivity contribution in [2.24, 2.45) is 5.73 Å². The molecule has 4 N–H and O–H groups in total. The number of carbonyl (C=O) groups excluding carboxylic acids is 2. The van der Waals surface area contributed by atoms with Gasteiger partial charge in [0.2, 0.25) is 0 Å². The highest BCUT2D eigenvalue weighted by Gasteiger charge is 2.20. The quantitative estimate of drug-likeness (QED) is 0.665. The number of nitrogens with one attached hydrogen (secondary N) is 1. The Hall–Kier alpha value is -2.38. The summed E-state index contributed by atoms with van der Waals surface area (Å²) in [7, 11) is 0. The summed E-state index contributed by atoms with van der Waals surface area (Å²) in [5.74, 6) is -1.78. The smallest absolute Gasteiger partial charge is 0.339 e. The minimum Gasteiger partial charge on any atom is -0.478 e. The molecule has 0 saturated heterocycles. The summed E-state index contributed by atoms with van der Waals surface area (Å²) in [6.07, 6.45) is 1.23. The summed E-state index contributed by atoms with van der Waals surface area (Å²) in [6.45, 7) is 2.98. The van der Waals surface area contributed by atoms with Crippen LogP contribution in [0, 0.1) is 6.92 Å². The number of primary amides is 1. The Labute approximate surface area is 96.4 Å². The van der Waals surface area contributed by atoms with Gasteiger partial charge in [0.25, 0.3) is 5.91 Å². The Kier molecular flexibility index (Phi) is 3.46. The molecule has 0 aliphatic rings. The van der Waals surface area contributed by atoms with E-state index in [1.807, 2.05) is 5.32 Å². The van der Waals surface area contributed by atoms with Crippen LogP contribution in [0.4, 0.5) is 4.79 Å². The summed E-state index contributed by atoms with van der Waals surface area (Å²) in [5, 5.41) is 14.6. The summed E-state index contributed by atoms with van der Waals surface area (Å²) >= 11 is 0. The molecule has 0 fully saturated rings. The number of carboxylic acids is 1. The van der Waals surface area contributed by atoms with E-state index in [9.17, 15) is 14.4 Å². The molecule has 0 spiro atoms. The number of carbonyl (C=O) groups is 3. The van der Waals surface area contributed by atoms with Crippen LogP contribution in [-0.2, 0) is 4.79 Å². The lowest BCUT2D eigenvalue weighted by atomic mass is 10.3. The van der Waals surface area contributed by atoms with Crippen LogP contribution in [0.5, 0.6) is 0 Å². The van der Waals surface area contributed by atoms with Crippen molar-refractivity contribution in [3.63, 3.8) is 0 Å². The predicted octanol–water partition coefficient (Wildman–Crippen LogP) is -0.354. The zero-order chi connectivity index (χ0) is 13.2. The number of nitrogens with two attached hydrogens (primary N) is 1. The van der Waals surface area contributed by atoms with Crippen LogP contribution < -0.4 is 11.1 Å². The highest BCUT2D eigenvalue weighted by Crippen LogP contribution is 2.11. The van der Waals surface area contributed by atoms with Crippen LogP contribution in [0.25, 0.3) is 0 Å². The molecule has 1 unspecified atom stereocenters. The molecule has 1 atom stereocenters. The van der Waals surface area contributed by atoms with E-state index in [-0.39, 0.29) is 11.3 Å².